The minimum atomic E-state index is -3.48. The monoisotopic (exact) mass is 652 g/mol. The molecule has 0 unspecified atom stereocenters. The van der Waals surface area contributed by atoms with E-state index < -0.39 is 50.5 Å². The van der Waals surface area contributed by atoms with Crippen LogP contribution in [0.5, 0.6) is 0 Å². The Balaban J connectivity index is 3.59. The molecule has 0 radical (unpaired) electrons. The standard InChI is InChI=1S/C24H50Ge3N2O2S/c1-10-25(11-2,12-3)28-23-19-21-24(22-20-23)32(30,31)29(26(13-4,14-5)15-6)27(16-7,17-8)18-9/h19-22,28H,10-18H2,1-9H3. The molecule has 1 N–H and O–H groups in total. The van der Waals surface area contributed by atoms with Crippen molar-refractivity contribution in [2.75, 3.05) is 4.27 Å². The molecule has 0 saturated heterocycles. The van der Waals surface area contributed by atoms with Crippen LogP contribution in [0.2, 0.25) is 47.3 Å². The number of sulfonamides is 1. The zero-order valence-electron chi connectivity index (χ0n) is 22.3. The Kier molecular flexibility index (Phi) is 12.5. The molecule has 1 aromatic rings. The summed E-state index contributed by atoms with van der Waals surface area (Å²) in [6, 6.07) is 7.84. The summed E-state index contributed by atoms with van der Waals surface area (Å²) in [5.74, 6) is 0. The van der Waals surface area contributed by atoms with Gasteiger partial charge in [0.25, 0.3) is 0 Å². The third-order valence-corrected chi connectivity index (χ3v) is 57.8. The fraction of sp³-hybridized carbons (Fsp3) is 0.750. The van der Waals surface area contributed by atoms with Crippen LogP contribution >= 0.6 is 0 Å². The van der Waals surface area contributed by atoms with Crippen LogP contribution in [0.4, 0.5) is 5.69 Å². The van der Waals surface area contributed by atoms with Crippen molar-refractivity contribution < 1.29 is 8.42 Å². The Morgan fingerprint density at radius 1 is 0.625 bits per heavy atom. The van der Waals surface area contributed by atoms with Crippen LogP contribution < -0.4 is 4.27 Å². The van der Waals surface area contributed by atoms with Crippen molar-refractivity contribution in [2.45, 2.75) is 114 Å². The predicted molar refractivity (Wildman–Crippen MR) is 151 cm³/mol. The van der Waals surface area contributed by atoms with E-state index in [4.69, 9.17) is 0 Å². The molecule has 0 spiro atoms. The number of nitrogens with zero attached hydrogens (tertiary/aromatic N) is 1. The maximum atomic E-state index is 14.4. The van der Waals surface area contributed by atoms with Crippen LogP contribution in [0.3, 0.4) is 0 Å². The van der Waals surface area contributed by atoms with E-state index in [9.17, 15) is 8.42 Å². The minimum absolute atomic E-state index is 0.515. The third kappa shape index (κ3) is 6.03. The Morgan fingerprint density at radius 2 is 0.969 bits per heavy atom. The first-order valence-corrected chi connectivity index (χ1v) is 30.8. The van der Waals surface area contributed by atoms with Crippen molar-refractivity contribution in [3.63, 3.8) is 0 Å². The summed E-state index contributed by atoms with van der Waals surface area (Å²) in [7, 11) is -3.48. The van der Waals surface area contributed by atoms with E-state index in [0.717, 1.165) is 37.2 Å². The van der Waals surface area contributed by atoms with Crippen LogP contribution in [-0.4, -0.2) is 51.1 Å². The van der Waals surface area contributed by atoms with E-state index in [2.05, 4.69) is 68.8 Å². The van der Waals surface area contributed by atoms with Gasteiger partial charge in [-0.05, 0) is 0 Å². The van der Waals surface area contributed by atoms with Crippen molar-refractivity contribution in [3.8, 4) is 0 Å². The average Bonchev–Trinajstić information content (AvgIpc) is 2.84. The molecule has 4 nitrogen and oxygen atoms in total. The van der Waals surface area contributed by atoms with Crippen LogP contribution in [0, 0.1) is 0 Å². The maximum absolute atomic E-state index is 14.4. The molecule has 0 fully saturated rings. The molecular formula is C24H50Ge3N2O2S. The average molecular weight is 649 g/mol. The van der Waals surface area contributed by atoms with E-state index in [-0.39, 0.29) is 0 Å². The molecule has 8 heteroatoms. The van der Waals surface area contributed by atoms with Gasteiger partial charge >= 0.3 is 210 Å². The summed E-state index contributed by atoms with van der Waals surface area (Å²) in [5.41, 5.74) is 1.10. The molecule has 0 heterocycles. The fourth-order valence-electron chi connectivity index (χ4n) is 5.51. The zero-order chi connectivity index (χ0) is 24.6. The number of rotatable bonds is 15. The van der Waals surface area contributed by atoms with Gasteiger partial charge in [0, 0.05) is 0 Å². The first-order valence-electron chi connectivity index (χ1n) is 13.0. The zero-order valence-corrected chi connectivity index (χ0v) is 29.5. The van der Waals surface area contributed by atoms with Crippen molar-refractivity contribution in [1.29, 1.82) is 0 Å². The van der Waals surface area contributed by atoms with Gasteiger partial charge in [-0.3, -0.25) is 0 Å². The van der Waals surface area contributed by atoms with Crippen LogP contribution in [-0.2, 0) is 10.0 Å². The molecule has 1 rings (SSSR count). The molecule has 0 aromatic heterocycles. The number of hydrogen-bond donors (Lipinski definition) is 1. The topological polar surface area (TPSA) is 49.4 Å². The number of benzene rings is 1. The number of anilines is 1. The van der Waals surface area contributed by atoms with E-state index in [1.807, 2.05) is 24.3 Å². The van der Waals surface area contributed by atoms with Gasteiger partial charge in [-0.15, -0.1) is 0 Å². The molecule has 0 aliphatic rings. The molecular weight excluding hydrogens is 598 g/mol. The first-order chi connectivity index (χ1) is 15.1. The third-order valence-electron chi connectivity index (χ3n) is 8.64. The Labute approximate surface area is 208 Å². The summed E-state index contributed by atoms with van der Waals surface area (Å²) in [6.45, 7) is 20.4. The van der Waals surface area contributed by atoms with Crippen molar-refractivity contribution in [3.05, 3.63) is 24.3 Å². The van der Waals surface area contributed by atoms with Crippen molar-refractivity contribution in [1.82, 2.24) is 2.22 Å². The summed E-state index contributed by atoms with van der Waals surface area (Å²) in [6.07, 6.45) is 0. The Hall–Kier alpha value is 0.559. The van der Waals surface area contributed by atoms with Gasteiger partial charge in [-0.25, -0.2) is 0 Å². The van der Waals surface area contributed by atoms with E-state index in [1.54, 1.807) is 0 Å². The molecule has 0 saturated carbocycles. The van der Waals surface area contributed by atoms with E-state index >= 15 is 0 Å². The van der Waals surface area contributed by atoms with Gasteiger partial charge < -0.3 is 0 Å². The molecule has 0 amide bonds. The van der Waals surface area contributed by atoms with Crippen molar-refractivity contribution >= 4 is 56.2 Å². The van der Waals surface area contributed by atoms with Gasteiger partial charge in [0.2, 0.25) is 0 Å². The normalized spacial score (nSPS) is 13.6. The van der Waals surface area contributed by atoms with E-state index in [1.165, 1.54) is 15.8 Å². The van der Waals surface area contributed by atoms with Gasteiger partial charge in [0.1, 0.15) is 0 Å². The van der Waals surface area contributed by atoms with Gasteiger partial charge in [-0.2, -0.15) is 0 Å². The molecule has 0 atom stereocenters. The summed E-state index contributed by atoms with van der Waals surface area (Å²) in [4.78, 5) is 0.515. The van der Waals surface area contributed by atoms with Gasteiger partial charge in [0.05, 0.1) is 0 Å². The second-order valence-electron chi connectivity index (χ2n) is 9.33. The quantitative estimate of drug-likeness (QED) is 0.196. The molecule has 0 aliphatic heterocycles. The molecule has 32 heavy (non-hydrogen) atoms. The fourth-order valence-corrected chi connectivity index (χ4v) is 58.2. The Morgan fingerprint density at radius 3 is 1.25 bits per heavy atom. The second kappa shape index (κ2) is 13.0. The number of hydrogen-bond acceptors (Lipinski definition) is 3. The summed E-state index contributed by atoms with van der Waals surface area (Å²) < 4.78 is 34.9. The summed E-state index contributed by atoms with van der Waals surface area (Å²) in [5, 5.41) is 10.0. The van der Waals surface area contributed by atoms with Gasteiger partial charge in [0.15, 0.2) is 0 Å². The molecule has 0 bridgehead atoms. The van der Waals surface area contributed by atoms with Crippen LogP contribution in [0.15, 0.2) is 29.2 Å². The van der Waals surface area contributed by atoms with Crippen LogP contribution in [0.25, 0.3) is 0 Å². The van der Waals surface area contributed by atoms with Crippen molar-refractivity contribution in [2.24, 2.45) is 0 Å². The van der Waals surface area contributed by atoms with Crippen LogP contribution in [0.1, 0.15) is 62.3 Å². The van der Waals surface area contributed by atoms with E-state index in [0.29, 0.717) is 4.90 Å². The summed E-state index contributed by atoms with van der Waals surface area (Å²) >= 11 is -7.59. The second-order valence-corrected chi connectivity index (χ2v) is 45.8. The SMILES string of the molecule is C[CH2][Ge]([CH2]C)([CH2]C)[NH]c1ccc(S(=O)(=O)[N]([Ge]([CH2]C)([CH2]C)[CH2]C)[Ge]([CH2]C)([CH2]C)[CH2]C)cc1. The number of nitrogens with one attached hydrogen (secondary N) is 1. The molecule has 0 aliphatic carbocycles. The first kappa shape index (κ1) is 30.6. The molecule has 186 valence electrons. The molecule has 1 aromatic carbocycles. The Bertz CT molecular complexity index is 743. The predicted octanol–water partition coefficient (Wildman–Crippen LogP) is 8.10. The van der Waals surface area contributed by atoms with Gasteiger partial charge in [-0.1, -0.05) is 0 Å².